The van der Waals surface area contributed by atoms with E-state index in [1.165, 1.54) is 19.1 Å². The van der Waals surface area contributed by atoms with Gasteiger partial charge in [0.15, 0.2) is 0 Å². The Morgan fingerprint density at radius 2 is 1.95 bits per heavy atom. The summed E-state index contributed by atoms with van der Waals surface area (Å²) >= 11 is 2.93. The van der Waals surface area contributed by atoms with E-state index in [4.69, 9.17) is 0 Å². The highest BCUT2D eigenvalue weighted by Gasteiger charge is 2.37. The number of rotatable bonds is 5. The van der Waals surface area contributed by atoms with Crippen molar-refractivity contribution in [2.24, 2.45) is 0 Å². The van der Waals surface area contributed by atoms with Crippen molar-refractivity contribution in [3.05, 3.63) is 34.9 Å². The molecule has 0 atom stereocenters. The van der Waals surface area contributed by atoms with E-state index in [1.807, 2.05) is 0 Å². The van der Waals surface area contributed by atoms with Gasteiger partial charge in [0.1, 0.15) is 5.78 Å². The predicted octanol–water partition coefficient (Wildman–Crippen LogP) is 3.39. The summed E-state index contributed by atoms with van der Waals surface area (Å²) in [5, 5.41) is 0.00547. The molecule has 0 saturated heterocycles. The Bertz CT molecular complexity index is 512. The smallest absolute Gasteiger partial charge is 0.417 e. The first-order chi connectivity index (χ1) is 9.31. The van der Waals surface area contributed by atoms with Gasteiger partial charge in [-0.3, -0.25) is 4.79 Å². The Kier molecular flexibility index (Phi) is 5.74. The van der Waals surface area contributed by atoms with Crippen LogP contribution >= 0.6 is 15.9 Å². The summed E-state index contributed by atoms with van der Waals surface area (Å²) in [6.07, 6.45) is -4.95. The van der Waals surface area contributed by atoms with Crippen molar-refractivity contribution in [3.63, 3.8) is 0 Å². The molecule has 0 fully saturated rings. The Labute approximate surface area is 122 Å². The number of esters is 1. The van der Waals surface area contributed by atoms with Crippen LogP contribution in [-0.2, 0) is 22.1 Å². The van der Waals surface area contributed by atoms with E-state index in [1.54, 1.807) is 0 Å². The van der Waals surface area contributed by atoms with Crippen molar-refractivity contribution in [2.45, 2.75) is 19.5 Å². The molecule has 0 aliphatic heterocycles. The summed E-state index contributed by atoms with van der Waals surface area (Å²) in [6.45, 7) is 1.45. The molecule has 0 amide bonds. The number of carbonyl (C=O) groups excluding carboxylic acids is 2. The molecule has 0 aliphatic carbocycles. The quantitative estimate of drug-likeness (QED) is 0.602. The van der Waals surface area contributed by atoms with Crippen LogP contribution < -0.4 is 0 Å². The molecule has 0 N–H and O–H groups in total. The third kappa shape index (κ3) is 4.06. The molecule has 0 bridgehead atoms. The zero-order valence-electron chi connectivity index (χ0n) is 10.6. The fourth-order valence-corrected chi connectivity index (χ4v) is 1.89. The van der Waals surface area contributed by atoms with Gasteiger partial charge in [0.2, 0.25) is 0 Å². The summed E-state index contributed by atoms with van der Waals surface area (Å²) in [4.78, 5) is 23.2. The Hall–Kier alpha value is -1.37. The Balaban J connectivity index is 3.36. The zero-order chi connectivity index (χ0) is 15.3. The lowest BCUT2D eigenvalue weighted by atomic mass is 9.97. The largest absolute Gasteiger partial charge is 0.462 e. The zero-order valence-corrected chi connectivity index (χ0v) is 12.2. The van der Waals surface area contributed by atoms with Crippen LogP contribution in [0.1, 0.15) is 28.4 Å². The molecule has 0 spiro atoms. The summed E-state index contributed by atoms with van der Waals surface area (Å²) in [5.41, 5.74) is -1.66. The lowest BCUT2D eigenvalue weighted by Crippen LogP contribution is -2.19. The van der Waals surface area contributed by atoms with Crippen LogP contribution in [0.5, 0.6) is 0 Å². The van der Waals surface area contributed by atoms with Gasteiger partial charge in [-0.15, -0.1) is 0 Å². The molecule has 7 heteroatoms. The SMILES string of the molecule is CCOC(=O)c1c(CC(=O)CBr)cccc1C(F)(F)F. The summed E-state index contributed by atoms with van der Waals surface area (Å²) < 4.78 is 43.5. The van der Waals surface area contributed by atoms with Gasteiger partial charge in [-0.25, -0.2) is 4.79 Å². The van der Waals surface area contributed by atoms with Gasteiger partial charge in [0.25, 0.3) is 0 Å². The molecule has 110 valence electrons. The molecule has 20 heavy (non-hydrogen) atoms. The number of alkyl halides is 4. The van der Waals surface area contributed by atoms with Crippen molar-refractivity contribution in [2.75, 3.05) is 11.9 Å². The number of carbonyl (C=O) groups is 2. The highest BCUT2D eigenvalue weighted by atomic mass is 79.9. The van der Waals surface area contributed by atoms with Crippen molar-refractivity contribution in [3.8, 4) is 0 Å². The maximum absolute atomic E-state index is 12.9. The average Bonchev–Trinajstić information content (AvgIpc) is 2.37. The molecule has 1 aromatic carbocycles. The second-order valence-electron chi connectivity index (χ2n) is 3.91. The minimum absolute atomic E-state index is 0.00547. The summed E-state index contributed by atoms with van der Waals surface area (Å²) in [5.74, 6) is -1.40. The van der Waals surface area contributed by atoms with E-state index >= 15 is 0 Å². The number of benzene rings is 1. The van der Waals surface area contributed by atoms with Gasteiger partial charge >= 0.3 is 12.1 Å². The normalized spacial score (nSPS) is 11.2. The lowest BCUT2D eigenvalue weighted by Gasteiger charge is -2.15. The summed E-state index contributed by atoms with van der Waals surface area (Å²) in [6, 6.07) is 3.29. The Morgan fingerprint density at radius 3 is 2.45 bits per heavy atom. The molecule has 0 radical (unpaired) electrons. The number of ether oxygens (including phenoxy) is 1. The molecule has 0 heterocycles. The van der Waals surface area contributed by atoms with Crippen LogP contribution in [0.2, 0.25) is 0 Å². The second kappa shape index (κ2) is 6.88. The maximum atomic E-state index is 12.9. The summed E-state index contributed by atoms with van der Waals surface area (Å²) in [7, 11) is 0. The molecular weight excluding hydrogens is 341 g/mol. The molecule has 0 unspecified atom stereocenters. The minimum atomic E-state index is -4.68. The number of hydrogen-bond acceptors (Lipinski definition) is 3. The van der Waals surface area contributed by atoms with E-state index in [0.717, 1.165) is 6.07 Å². The third-order valence-electron chi connectivity index (χ3n) is 2.47. The topological polar surface area (TPSA) is 43.4 Å². The predicted molar refractivity (Wildman–Crippen MR) is 69.9 cm³/mol. The maximum Gasteiger partial charge on any atom is 0.417 e. The van der Waals surface area contributed by atoms with Crippen molar-refractivity contribution < 1.29 is 27.5 Å². The molecule has 0 aliphatic rings. The Morgan fingerprint density at radius 1 is 1.30 bits per heavy atom. The number of hydrogen-bond donors (Lipinski definition) is 0. The van der Waals surface area contributed by atoms with Crippen molar-refractivity contribution >= 4 is 27.7 Å². The van der Waals surface area contributed by atoms with Crippen LogP contribution in [0.25, 0.3) is 0 Å². The first kappa shape index (κ1) is 16.7. The van der Waals surface area contributed by atoms with Crippen LogP contribution in [0, 0.1) is 0 Å². The molecule has 0 saturated carbocycles. The lowest BCUT2D eigenvalue weighted by molar-refractivity contribution is -0.138. The van der Waals surface area contributed by atoms with Gasteiger partial charge in [0.05, 0.1) is 23.1 Å². The molecule has 1 aromatic rings. The van der Waals surface area contributed by atoms with Gasteiger partial charge in [-0.1, -0.05) is 28.1 Å². The van der Waals surface area contributed by atoms with Gasteiger partial charge < -0.3 is 4.74 Å². The molecule has 3 nitrogen and oxygen atoms in total. The highest BCUT2D eigenvalue weighted by Crippen LogP contribution is 2.34. The van der Waals surface area contributed by atoms with Gasteiger partial charge in [0, 0.05) is 6.42 Å². The number of Topliss-reactive ketones (excluding diaryl/α,β-unsaturated/α-hetero) is 1. The van der Waals surface area contributed by atoms with Crippen LogP contribution in [-0.4, -0.2) is 23.7 Å². The van der Waals surface area contributed by atoms with E-state index in [9.17, 15) is 22.8 Å². The van der Waals surface area contributed by atoms with Crippen molar-refractivity contribution in [1.82, 2.24) is 0 Å². The number of halogens is 4. The van der Waals surface area contributed by atoms with Crippen LogP contribution in [0.4, 0.5) is 13.2 Å². The fraction of sp³-hybridized carbons (Fsp3) is 0.385. The van der Waals surface area contributed by atoms with E-state index in [0.29, 0.717) is 0 Å². The van der Waals surface area contributed by atoms with Crippen LogP contribution in [0.15, 0.2) is 18.2 Å². The second-order valence-corrected chi connectivity index (χ2v) is 4.47. The van der Waals surface area contributed by atoms with Crippen molar-refractivity contribution in [1.29, 1.82) is 0 Å². The standard InChI is InChI=1S/C13H12BrF3O3/c1-2-20-12(19)11-8(6-9(18)7-14)4-3-5-10(11)13(15,16)17/h3-5H,2,6-7H2,1H3. The van der Waals surface area contributed by atoms with E-state index < -0.39 is 23.3 Å². The first-order valence-corrected chi connectivity index (χ1v) is 6.87. The minimum Gasteiger partial charge on any atom is -0.462 e. The van der Waals surface area contributed by atoms with E-state index in [2.05, 4.69) is 20.7 Å². The average molecular weight is 353 g/mol. The molecular formula is C13H12BrF3O3. The van der Waals surface area contributed by atoms with Crippen LogP contribution in [0.3, 0.4) is 0 Å². The van der Waals surface area contributed by atoms with Gasteiger partial charge in [-0.2, -0.15) is 13.2 Å². The number of ketones is 1. The van der Waals surface area contributed by atoms with E-state index in [-0.39, 0.29) is 29.7 Å². The molecule has 1 rings (SSSR count). The van der Waals surface area contributed by atoms with Gasteiger partial charge in [-0.05, 0) is 18.6 Å². The highest BCUT2D eigenvalue weighted by molar-refractivity contribution is 9.09. The first-order valence-electron chi connectivity index (χ1n) is 5.75. The molecule has 0 aromatic heterocycles. The third-order valence-corrected chi connectivity index (χ3v) is 3.10. The monoisotopic (exact) mass is 352 g/mol. The fourth-order valence-electron chi connectivity index (χ4n) is 1.69.